The first-order valence-corrected chi connectivity index (χ1v) is 4.46. The Morgan fingerprint density at radius 3 is 2.64 bits per heavy atom. The Kier molecular flexibility index (Phi) is 2.44. The maximum absolute atomic E-state index is 9.08. The Morgan fingerprint density at radius 1 is 1.21 bits per heavy atom. The predicted molar refractivity (Wildman–Crippen MR) is 51.8 cm³/mol. The van der Waals surface area contributed by atoms with Gasteiger partial charge in [0, 0.05) is 12.7 Å². The average Bonchev–Trinajstić information content (AvgIpc) is 2.70. The molecule has 0 saturated heterocycles. The van der Waals surface area contributed by atoms with Crippen molar-refractivity contribution in [2.45, 2.75) is 13.0 Å². The van der Waals surface area contributed by atoms with Gasteiger partial charge >= 0.3 is 0 Å². The summed E-state index contributed by atoms with van der Waals surface area (Å²) in [6, 6.07) is 7.20. The second kappa shape index (κ2) is 3.91. The van der Waals surface area contributed by atoms with Crippen LogP contribution < -0.4 is 0 Å². The first-order chi connectivity index (χ1) is 6.84. The summed E-state index contributed by atoms with van der Waals surface area (Å²) in [5.41, 5.74) is 1.18. The highest BCUT2D eigenvalue weighted by Crippen LogP contribution is 2.10. The van der Waals surface area contributed by atoms with Crippen LogP contribution in [0.4, 0.5) is 0 Å². The standard InChI is InChI=1S/C10H11N3O/c14-10-3-1-9(2-4-10)5-7-13-8-6-11-12-13/h1-4,6,8,14H,5,7H2. The third-order valence-corrected chi connectivity index (χ3v) is 2.04. The van der Waals surface area contributed by atoms with Gasteiger partial charge in [0.25, 0.3) is 0 Å². The molecule has 72 valence electrons. The van der Waals surface area contributed by atoms with Gasteiger partial charge in [0.2, 0.25) is 0 Å². The van der Waals surface area contributed by atoms with Crippen LogP contribution in [0, 0.1) is 0 Å². The first-order valence-electron chi connectivity index (χ1n) is 4.46. The van der Waals surface area contributed by atoms with Gasteiger partial charge in [-0.15, -0.1) is 5.10 Å². The fourth-order valence-corrected chi connectivity index (χ4v) is 1.26. The predicted octanol–water partition coefficient (Wildman–Crippen LogP) is 1.23. The van der Waals surface area contributed by atoms with E-state index >= 15 is 0 Å². The minimum atomic E-state index is 0.300. The monoisotopic (exact) mass is 189 g/mol. The molecule has 0 spiro atoms. The van der Waals surface area contributed by atoms with Crippen LogP contribution in [0.1, 0.15) is 5.56 Å². The number of phenols is 1. The molecule has 0 aliphatic heterocycles. The van der Waals surface area contributed by atoms with Gasteiger partial charge < -0.3 is 5.11 Å². The molecule has 0 amide bonds. The maximum atomic E-state index is 9.08. The van der Waals surface area contributed by atoms with Crippen molar-refractivity contribution in [1.82, 2.24) is 15.0 Å². The molecule has 4 heteroatoms. The van der Waals surface area contributed by atoms with Gasteiger partial charge in [0.15, 0.2) is 0 Å². The average molecular weight is 189 g/mol. The van der Waals surface area contributed by atoms with Crippen LogP contribution in [-0.4, -0.2) is 20.1 Å². The summed E-state index contributed by atoms with van der Waals surface area (Å²) in [7, 11) is 0. The Morgan fingerprint density at radius 2 is 2.00 bits per heavy atom. The Labute approximate surface area is 81.8 Å². The first kappa shape index (κ1) is 8.74. The van der Waals surface area contributed by atoms with Crippen molar-refractivity contribution >= 4 is 0 Å². The molecular formula is C10H11N3O. The summed E-state index contributed by atoms with van der Waals surface area (Å²) >= 11 is 0. The topological polar surface area (TPSA) is 50.9 Å². The van der Waals surface area contributed by atoms with Crippen molar-refractivity contribution in [3.05, 3.63) is 42.2 Å². The van der Waals surface area contributed by atoms with Crippen molar-refractivity contribution in [1.29, 1.82) is 0 Å². The molecule has 1 heterocycles. The maximum Gasteiger partial charge on any atom is 0.115 e. The molecule has 0 radical (unpaired) electrons. The lowest BCUT2D eigenvalue weighted by Gasteiger charge is -2.01. The van der Waals surface area contributed by atoms with Crippen molar-refractivity contribution in [3.8, 4) is 5.75 Å². The van der Waals surface area contributed by atoms with Crippen LogP contribution in [0.2, 0.25) is 0 Å². The zero-order valence-corrected chi connectivity index (χ0v) is 7.67. The van der Waals surface area contributed by atoms with E-state index in [0.717, 1.165) is 13.0 Å². The number of phenolic OH excluding ortho intramolecular Hbond substituents is 1. The van der Waals surface area contributed by atoms with E-state index in [1.807, 2.05) is 18.3 Å². The number of aryl methyl sites for hydroxylation is 2. The smallest absolute Gasteiger partial charge is 0.115 e. The second-order valence-electron chi connectivity index (χ2n) is 3.08. The molecule has 2 rings (SSSR count). The van der Waals surface area contributed by atoms with Gasteiger partial charge in [-0.2, -0.15) is 0 Å². The fraction of sp³-hybridized carbons (Fsp3) is 0.200. The number of nitrogens with zero attached hydrogens (tertiary/aromatic N) is 3. The molecule has 0 bridgehead atoms. The van der Waals surface area contributed by atoms with Crippen molar-refractivity contribution in [2.24, 2.45) is 0 Å². The van der Waals surface area contributed by atoms with E-state index in [4.69, 9.17) is 5.11 Å². The summed E-state index contributed by atoms with van der Waals surface area (Å²) in [4.78, 5) is 0. The fourth-order valence-electron chi connectivity index (χ4n) is 1.26. The van der Waals surface area contributed by atoms with Crippen molar-refractivity contribution in [2.75, 3.05) is 0 Å². The van der Waals surface area contributed by atoms with Gasteiger partial charge in [-0.1, -0.05) is 17.3 Å². The molecule has 0 saturated carbocycles. The molecule has 0 unspecified atom stereocenters. The van der Waals surface area contributed by atoms with E-state index in [-0.39, 0.29) is 0 Å². The minimum Gasteiger partial charge on any atom is -0.508 e. The van der Waals surface area contributed by atoms with Gasteiger partial charge in [0.05, 0.1) is 6.20 Å². The number of aromatic hydroxyl groups is 1. The zero-order valence-electron chi connectivity index (χ0n) is 7.67. The molecule has 2 aromatic rings. The Balaban J connectivity index is 1.95. The highest BCUT2D eigenvalue weighted by molar-refractivity contribution is 5.25. The van der Waals surface area contributed by atoms with Crippen molar-refractivity contribution in [3.63, 3.8) is 0 Å². The number of benzene rings is 1. The molecule has 4 nitrogen and oxygen atoms in total. The molecular weight excluding hydrogens is 178 g/mol. The van der Waals surface area contributed by atoms with Gasteiger partial charge in [-0.25, -0.2) is 0 Å². The van der Waals surface area contributed by atoms with E-state index in [1.165, 1.54) is 5.56 Å². The summed E-state index contributed by atoms with van der Waals surface area (Å²) < 4.78 is 1.78. The number of hydrogen-bond acceptors (Lipinski definition) is 3. The lowest BCUT2D eigenvalue weighted by molar-refractivity contribution is 0.475. The van der Waals surface area contributed by atoms with E-state index in [1.54, 1.807) is 23.0 Å². The lowest BCUT2D eigenvalue weighted by atomic mass is 10.1. The summed E-state index contributed by atoms with van der Waals surface area (Å²) in [5, 5.41) is 16.7. The van der Waals surface area contributed by atoms with Crippen LogP contribution in [0.5, 0.6) is 5.75 Å². The molecule has 0 aliphatic carbocycles. The lowest BCUT2D eigenvalue weighted by Crippen LogP contribution is -2.01. The zero-order chi connectivity index (χ0) is 9.80. The van der Waals surface area contributed by atoms with E-state index < -0.39 is 0 Å². The minimum absolute atomic E-state index is 0.300. The van der Waals surface area contributed by atoms with E-state index in [9.17, 15) is 0 Å². The van der Waals surface area contributed by atoms with Crippen LogP contribution in [-0.2, 0) is 13.0 Å². The van der Waals surface area contributed by atoms with Crippen LogP contribution in [0.25, 0.3) is 0 Å². The summed E-state index contributed by atoms with van der Waals surface area (Å²) in [6.45, 7) is 0.810. The van der Waals surface area contributed by atoms with Crippen LogP contribution in [0.15, 0.2) is 36.7 Å². The Hall–Kier alpha value is -1.84. The van der Waals surface area contributed by atoms with E-state index in [0.29, 0.717) is 5.75 Å². The molecule has 0 aliphatic rings. The number of rotatable bonds is 3. The third-order valence-electron chi connectivity index (χ3n) is 2.04. The summed E-state index contributed by atoms with van der Waals surface area (Å²) in [5.74, 6) is 0.300. The van der Waals surface area contributed by atoms with Gasteiger partial charge in [-0.3, -0.25) is 4.68 Å². The number of hydrogen-bond donors (Lipinski definition) is 1. The largest absolute Gasteiger partial charge is 0.508 e. The van der Waals surface area contributed by atoms with E-state index in [2.05, 4.69) is 10.3 Å². The number of aromatic nitrogens is 3. The second-order valence-corrected chi connectivity index (χ2v) is 3.08. The van der Waals surface area contributed by atoms with Crippen LogP contribution >= 0.6 is 0 Å². The Bertz CT molecular complexity index is 380. The molecule has 1 aromatic carbocycles. The highest BCUT2D eigenvalue weighted by atomic mass is 16.3. The highest BCUT2D eigenvalue weighted by Gasteiger charge is 1.95. The van der Waals surface area contributed by atoms with Crippen molar-refractivity contribution < 1.29 is 5.11 Å². The molecule has 1 N–H and O–H groups in total. The third kappa shape index (κ3) is 2.10. The van der Waals surface area contributed by atoms with Gasteiger partial charge in [-0.05, 0) is 24.1 Å². The molecule has 0 atom stereocenters. The summed E-state index contributed by atoms with van der Waals surface area (Å²) in [6.07, 6.45) is 4.39. The molecule has 0 fully saturated rings. The van der Waals surface area contributed by atoms with Gasteiger partial charge in [0.1, 0.15) is 5.75 Å². The quantitative estimate of drug-likeness (QED) is 0.790. The van der Waals surface area contributed by atoms with Crippen LogP contribution in [0.3, 0.4) is 0 Å². The normalized spacial score (nSPS) is 10.3. The SMILES string of the molecule is Oc1ccc(CCn2ccnn2)cc1. The molecule has 14 heavy (non-hydrogen) atoms. The molecule has 1 aromatic heterocycles.